The number of aromatic amines is 1. The Hall–Kier alpha value is -1.85. The van der Waals surface area contributed by atoms with Crippen LogP contribution in [0.3, 0.4) is 0 Å². The van der Waals surface area contributed by atoms with Gasteiger partial charge in [-0.3, -0.25) is 9.59 Å². The average Bonchev–Trinajstić information content (AvgIpc) is 2.47. The van der Waals surface area contributed by atoms with Gasteiger partial charge in [0.25, 0.3) is 11.5 Å². The number of piperazine rings is 1. The van der Waals surface area contributed by atoms with E-state index in [-0.39, 0.29) is 29.9 Å². The van der Waals surface area contributed by atoms with Crippen molar-refractivity contribution in [2.24, 2.45) is 0 Å². The summed E-state index contributed by atoms with van der Waals surface area (Å²) in [5, 5.41) is 4.65. The fourth-order valence-corrected chi connectivity index (χ4v) is 2.62. The molecule has 1 saturated heterocycles. The molecule has 1 aromatic carbocycles. The van der Waals surface area contributed by atoms with Crippen LogP contribution in [-0.4, -0.2) is 41.5 Å². The molecule has 0 aliphatic carbocycles. The third-order valence-corrected chi connectivity index (χ3v) is 3.75. The molecule has 1 fully saturated rings. The SMILES string of the molecule is CC1CNCCN1C(=O)c1cc2ccccc2c(=O)[nH]1.Cl. The second-order valence-corrected chi connectivity index (χ2v) is 5.15. The molecule has 2 heterocycles. The van der Waals surface area contributed by atoms with Gasteiger partial charge in [-0.25, -0.2) is 0 Å². The minimum atomic E-state index is -0.214. The van der Waals surface area contributed by atoms with Crippen molar-refractivity contribution in [3.8, 4) is 0 Å². The molecular weight excluding hydrogens is 290 g/mol. The van der Waals surface area contributed by atoms with Crippen LogP contribution in [0.5, 0.6) is 0 Å². The third-order valence-electron chi connectivity index (χ3n) is 3.75. The minimum Gasteiger partial charge on any atom is -0.332 e. The number of carbonyl (C=O) groups excluding carboxylic acids is 1. The van der Waals surface area contributed by atoms with Crippen molar-refractivity contribution in [3.05, 3.63) is 46.4 Å². The van der Waals surface area contributed by atoms with Crippen molar-refractivity contribution in [1.29, 1.82) is 0 Å². The number of nitrogens with one attached hydrogen (secondary N) is 2. The van der Waals surface area contributed by atoms with Crippen LogP contribution in [0.2, 0.25) is 0 Å². The molecule has 21 heavy (non-hydrogen) atoms. The first-order chi connectivity index (χ1) is 9.66. The number of benzene rings is 1. The molecule has 1 aromatic heterocycles. The number of fused-ring (bicyclic) bond motifs is 1. The maximum absolute atomic E-state index is 12.5. The van der Waals surface area contributed by atoms with Crippen LogP contribution in [-0.2, 0) is 0 Å². The first kappa shape index (κ1) is 15.5. The molecule has 2 aromatic rings. The summed E-state index contributed by atoms with van der Waals surface area (Å²) in [6.45, 7) is 4.23. The van der Waals surface area contributed by atoms with E-state index in [4.69, 9.17) is 0 Å². The fourth-order valence-electron chi connectivity index (χ4n) is 2.62. The predicted molar refractivity (Wildman–Crippen MR) is 85.2 cm³/mol. The zero-order valence-corrected chi connectivity index (χ0v) is 12.6. The molecule has 0 radical (unpaired) electrons. The second-order valence-electron chi connectivity index (χ2n) is 5.15. The van der Waals surface area contributed by atoms with E-state index in [0.29, 0.717) is 17.6 Å². The van der Waals surface area contributed by atoms with Gasteiger partial charge in [0.1, 0.15) is 5.69 Å². The van der Waals surface area contributed by atoms with Gasteiger partial charge in [-0.05, 0) is 24.4 Å². The van der Waals surface area contributed by atoms with Crippen molar-refractivity contribution in [3.63, 3.8) is 0 Å². The lowest BCUT2D eigenvalue weighted by atomic mass is 10.1. The topological polar surface area (TPSA) is 65.2 Å². The standard InChI is InChI=1S/C15H17N3O2.ClH/c1-10-9-16-6-7-18(10)15(20)13-8-11-4-2-3-5-12(11)14(19)17-13;/h2-5,8,10,16H,6-7,9H2,1H3,(H,17,19);1H. The largest absolute Gasteiger partial charge is 0.332 e. The van der Waals surface area contributed by atoms with E-state index in [1.807, 2.05) is 25.1 Å². The molecule has 1 unspecified atom stereocenters. The molecule has 6 heteroatoms. The Labute approximate surface area is 128 Å². The van der Waals surface area contributed by atoms with Gasteiger partial charge in [-0.2, -0.15) is 0 Å². The molecular formula is C15H18ClN3O2. The van der Waals surface area contributed by atoms with Gasteiger partial charge in [-0.1, -0.05) is 18.2 Å². The lowest BCUT2D eigenvalue weighted by Gasteiger charge is -2.33. The summed E-state index contributed by atoms with van der Waals surface area (Å²) < 4.78 is 0. The molecule has 0 bridgehead atoms. The molecule has 1 atom stereocenters. The highest BCUT2D eigenvalue weighted by molar-refractivity contribution is 5.96. The molecule has 5 nitrogen and oxygen atoms in total. The highest BCUT2D eigenvalue weighted by atomic mass is 35.5. The highest BCUT2D eigenvalue weighted by Crippen LogP contribution is 2.13. The van der Waals surface area contributed by atoms with Gasteiger partial charge in [0.2, 0.25) is 0 Å². The van der Waals surface area contributed by atoms with E-state index in [0.717, 1.165) is 18.5 Å². The number of carbonyl (C=O) groups is 1. The maximum Gasteiger partial charge on any atom is 0.270 e. The van der Waals surface area contributed by atoms with Crippen molar-refractivity contribution < 1.29 is 4.79 Å². The average molecular weight is 308 g/mol. The molecule has 0 saturated carbocycles. The first-order valence-corrected chi connectivity index (χ1v) is 6.80. The smallest absolute Gasteiger partial charge is 0.270 e. The second kappa shape index (κ2) is 6.28. The summed E-state index contributed by atoms with van der Waals surface area (Å²) in [4.78, 5) is 29.1. The Morgan fingerprint density at radius 2 is 2.10 bits per heavy atom. The lowest BCUT2D eigenvalue weighted by molar-refractivity contribution is 0.0649. The van der Waals surface area contributed by atoms with Gasteiger partial charge < -0.3 is 15.2 Å². The van der Waals surface area contributed by atoms with E-state index in [1.54, 1.807) is 17.0 Å². The van der Waals surface area contributed by atoms with Gasteiger partial charge in [0.05, 0.1) is 0 Å². The molecule has 1 aliphatic heterocycles. The normalized spacial score (nSPS) is 18.3. The van der Waals surface area contributed by atoms with Gasteiger partial charge in [0.15, 0.2) is 0 Å². The van der Waals surface area contributed by atoms with Crippen molar-refractivity contribution in [2.45, 2.75) is 13.0 Å². The zero-order chi connectivity index (χ0) is 14.1. The summed E-state index contributed by atoms with van der Waals surface area (Å²) in [7, 11) is 0. The molecule has 3 rings (SSSR count). The predicted octanol–water partition coefficient (Wildman–Crippen LogP) is 1.38. The van der Waals surface area contributed by atoms with E-state index in [1.165, 1.54) is 0 Å². The maximum atomic E-state index is 12.5. The molecule has 1 aliphatic rings. The minimum absolute atomic E-state index is 0. The van der Waals surface area contributed by atoms with Crippen molar-refractivity contribution in [2.75, 3.05) is 19.6 Å². The Morgan fingerprint density at radius 3 is 2.86 bits per heavy atom. The number of hydrogen-bond acceptors (Lipinski definition) is 3. The van der Waals surface area contributed by atoms with Crippen LogP contribution < -0.4 is 10.9 Å². The number of pyridine rings is 1. The number of H-pyrrole nitrogens is 1. The van der Waals surface area contributed by atoms with E-state index >= 15 is 0 Å². The van der Waals surface area contributed by atoms with Crippen LogP contribution in [0.4, 0.5) is 0 Å². The summed E-state index contributed by atoms with van der Waals surface area (Å²) in [5.74, 6) is -0.109. The Bertz CT molecular complexity index is 713. The monoisotopic (exact) mass is 307 g/mol. The Balaban J connectivity index is 0.00000161. The summed E-state index contributed by atoms with van der Waals surface area (Å²) in [5.41, 5.74) is 0.150. The summed E-state index contributed by atoms with van der Waals surface area (Å²) in [6, 6.07) is 9.18. The van der Waals surface area contributed by atoms with Crippen LogP contribution in [0.15, 0.2) is 35.1 Å². The molecule has 0 spiro atoms. The highest BCUT2D eigenvalue weighted by Gasteiger charge is 2.24. The van der Waals surface area contributed by atoms with Crippen molar-refractivity contribution >= 4 is 29.1 Å². The first-order valence-electron chi connectivity index (χ1n) is 6.80. The van der Waals surface area contributed by atoms with Crippen molar-refractivity contribution in [1.82, 2.24) is 15.2 Å². The lowest BCUT2D eigenvalue weighted by Crippen LogP contribution is -2.52. The third kappa shape index (κ3) is 2.94. The molecule has 2 N–H and O–H groups in total. The fraction of sp³-hybridized carbons (Fsp3) is 0.333. The van der Waals surface area contributed by atoms with Crippen LogP contribution in [0, 0.1) is 0 Å². The molecule has 1 amide bonds. The number of halogens is 1. The van der Waals surface area contributed by atoms with Crippen LogP contribution in [0.1, 0.15) is 17.4 Å². The van der Waals surface area contributed by atoms with E-state index in [9.17, 15) is 9.59 Å². The van der Waals surface area contributed by atoms with Gasteiger partial charge >= 0.3 is 0 Å². The zero-order valence-electron chi connectivity index (χ0n) is 11.8. The quantitative estimate of drug-likeness (QED) is 0.836. The van der Waals surface area contributed by atoms with E-state index < -0.39 is 0 Å². The summed E-state index contributed by atoms with van der Waals surface area (Å²) >= 11 is 0. The Morgan fingerprint density at radius 1 is 1.33 bits per heavy atom. The number of hydrogen-bond donors (Lipinski definition) is 2. The van der Waals surface area contributed by atoms with Gasteiger partial charge in [0, 0.05) is 31.1 Å². The van der Waals surface area contributed by atoms with Crippen LogP contribution in [0.25, 0.3) is 10.8 Å². The summed E-state index contributed by atoms with van der Waals surface area (Å²) in [6.07, 6.45) is 0. The number of amides is 1. The number of aromatic nitrogens is 1. The van der Waals surface area contributed by atoms with Crippen LogP contribution >= 0.6 is 12.4 Å². The molecule has 112 valence electrons. The number of rotatable bonds is 1. The van der Waals surface area contributed by atoms with Gasteiger partial charge in [-0.15, -0.1) is 12.4 Å². The van der Waals surface area contributed by atoms with E-state index in [2.05, 4.69) is 10.3 Å². The Kier molecular flexibility index (Phi) is 4.65. The number of nitrogens with zero attached hydrogens (tertiary/aromatic N) is 1.